The second-order valence-corrected chi connectivity index (χ2v) is 6.17. The van der Waals surface area contributed by atoms with Crippen molar-refractivity contribution < 1.29 is 14.5 Å². The number of nitrogens with zero attached hydrogens (tertiary/aromatic N) is 1. The minimum atomic E-state index is -0.490. The smallest absolute Gasteiger partial charge is 0.270 e. The molecule has 28 heavy (non-hydrogen) atoms. The van der Waals surface area contributed by atoms with Crippen molar-refractivity contribution in [3.05, 3.63) is 99.6 Å². The van der Waals surface area contributed by atoms with E-state index in [1.54, 1.807) is 42.5 Å². The average Bonchev–Trinajstić information content (AvgIpc) is 2.69. The molecule has 0 aromatic heterocycles. The molecule has 1 amide bonds. The Morgan fingerprint density at radius 3 is 2.57 bits per heavy atom. The van der Waals surface area contributed by atoms with E-state index in [2.05, 4.69) is 5.32 Å². The van der Waals surface area contributed by atoms with Crippen LogP contribution in [0.15, 0.2) is 78.9 Å². The lowest BCUT2D eigenvalue weighted by Crippen LogP contribution is -2.08. The Balaban J connectivity index is 1.75. The van der Waals surface area contributed by atoms with Gasteiger partial charge in [0.05, 0.1) is 10.6 Å². The second-order valence-electron chi connectivity index (χ2n) is 5.73. The molecule has 3 aromatic rings. The number of hydrogen-bond acceptors (Lipinski definition) is 4. The van der Waals surface area contributed by atoms with Crippen LogP contribution >= 0.6 is 11.6 Å². The molecule has 6 nitrogen and oxygen atoms in total. The van der Waals surface area contributed by atoms with E-state index in [1.165, 1.54) is 24.3 Å². The number of hydrogen-bond donors (Lipinski definition) is 1. The van der Waals surface area contributed by atoms with E-state index in [-0.39, 0.29) is 5.69 Å². The molecule has 0 atom stereocenters. The molecular weight excluding hydrogens is 380 g/mol. The van der Waals surface area contributed by atoms with Crippen LogP contribution in [0.1, 0.15) is 5.56 Å². The molecule has 0 fully saturated rings. The summed E-state index contributed by atoms with van der Waals surface area (Å²) in [6, 6.07) is 20.0. The SMILES string of the molecule is O=C(/C=C/c1cccc([N+](=O)[O-])c1)Nc1cc(Cl)ccc1Oc1ccccc1. The lowest BCUT2D eigenvalue weighted by Gasteiger charge is -2.12. The van der Waals surface area contributed by atoms with Crippen molar-refractivity contribution in [1.29, 1.82) is 0 Å². The molecule has 0 saturated heterocycles. The Morgan fingerprint density at radius 1 is 1.04 bits per heavy atom. The largest absolute Gasteiger partial charge is 0.455 e. The fraction of sp³-hybridized carbons (Fsp3) is 0. The highest BCUT2D eigenvalue weighted by molar-refractivity contribution is 6.31. The molecular formula is C21H15ClN2O4. The number of anilines is 1. The molecule has 0 heterocycles. The summed E-state index contributed by atoms with van der Waals surface area (Å²) in [4.78, 5) is 22.6. The van der Waals surface area contributed by atoms with Crippen LogP contribution < -0.4 is 10.1 Å². The highest BCUT2D eigenvalue weighted by Gasteiger charge is 2.09. The number of carbonyl (C=O) groups excluding carboxylic acids is 1. The predicted octanol–water partition coefficient (Wildman–Crippen LogP) is 5.69. The summed E-state index contributed by atoms with van der Waals surface area (Å²) in [5.74, 6) is 0.631. The van der Waals surface area contributed by atoms with Crippen molar-refractivity contribution in [2.45, 2.75) is 0 Å². The van der Waals surface area contributed by atoms with Gasteiger partial charge in [0, 0.05) is 23.2 Å². The average molecular weight is 395 g/mol. The lowest BCUT2D eigenvalue weighted by molar-refractivity contribution is -0.384. The Hall–Kier alpha value is -3.64. The summed E-state index contributed by atoms with van der Waals surface area (Å²) in [5, 5.41) is 14.0. The molecule has 0 radical (unpaired) electrons. The maximum atomic E-state index is 12.3. The summed E-state index contributed by atoms with van der Waals surface area (Å²) in [7, 11) is 0. The first-order valence-corrected chi connectivity index (χ1v) is 8.65. The number of ether oxygens (including phenoxy) is 1. The molecule has 3 aromatic carbocycles. The molecule has 0 saturated carbocycles. The predicted molar refractivity (Wildman–Crippen MR) is 109 cm³/mol. The van der Waals surface area contributed by atoms with E-state index < -0.39 is 10.8 Å². The minimum Gasteiger partial charge on any atom is -0.455 e. The fourth-order valence-corrected chi connectivity index (χ4v) is 2.56. The van der Waals surface area contributed by atoms with Gasteiger partial charge in [-0.1, -0.05) is 41.9 Å². The van der Waals surface area contributed by atoms with E-state index in [4.69, 9.17) is 16.3 Å². The number of carbonyl (C=O) groups is 1. The molecule has 0 aliphatic rings. The van der Waals surface area contributed by atoms with E-state index in [0.717, 1.165) is 0 Å². The number of rotatable bonds is 6. The lowest BCUT2D eigenvalue weighted by atomic mass is 10.2. The first-order chi connectivity index (χ1) is 13.5. The normalized spacial score (nSPS) is 10.6. The summed E-state index contributed by atoms with van der Waals surface area (Å²) in [6.45, 7) is 0. The van der Waals surface area contributed by atoms with Crippen LogP contribution in [-0.4, -0.2) is 10.8 Å². The van der Waals surface area contributed by atoms with Gasteiger partial charge in [0.2, 0.25) is 5.91 Å². The van der Waals surface area contributed by atoms with Gasteiger partial charge in [-0.05, 0) is 42.0 Å². The summed E-state index contributed by atoms with van der Waals surface area (Å²) in [6.07, 6.45) is 2.77. The van der Waals surface area contributed by atoms with E-state index in [9.17, 15) is 14.9 Å². The zero-order chi connectivity index (χ0) is 19.9. The maximum absolute atomic E-state index is 12.3. The Labute approximate surface area is 166 Å². The molecule has 1 N–H and O–H groups in total. The zero-order valence-electron chi connectivity index (χ0n) is 14.5. The Bertz CT molecular complexity index is 1040. The number of halogens is 1. The van der Waals surface area contributed by atoms with Crippen LogP contribution in [-0.2, 0) is 4.79 Å². The Morgan fingerprint density at radius 2 is 1.82 bits per heavy atom. The van der Waals surface area contributed by atoms with Gasteiger partial charge in [0.15, 0.2) is 5.75 Å². The minimum absolute atomic E-state index is 0.0454. The fourth-order valence-electron chi connectivity index (χ4n) is 2.39. The third-order valence-electron chi connectivity index (χ3n) is 3.68. The number of amides is 1. The molecule has 0 aliphatic heterocycles. The van der Waals surface area contributed by atoms with Crippen LogP contribution in [0.5, 0.6) is 11.5 Å². The van der Waals surface area contributed by atoms with Crippen molar-refractivity contribution >= 4 is 35.0 Å². The molecule has 0 unspecified atom stereocenters. The number of non-ortho nitro benzene ring substituents is 1. The number of nitro groups is 1. The number of nitro benzene ring substituents is 1. The molecule has 140 valence electrons. The van der Waals surface area contributed by atoms with Gasteiger partial charge in [-0.25, -0.2) is 0 Å². The second kappa shape index (κ2) is 8.83. The van der Waals surface area contributed by atoms with Crippen molar-refractivity contribution in [2.24, 2.45) is 0 Å². The monoisotopic (exact) mass is 394 g/mol. The van der Waals surface area contributed by atoms with Crippen molar-refractivity contribution in [3.63, 3.8) is 0 Å². The highest BCUT2D eigenvalue weighted by atomic mass is 35.5. The first-order valence-electron chi connectivity index (χ1n) is 8.27. The summed E-state index contributed by atoms with van der Waals surface area (Å²) in [5.41, 5.74) is 0.900. The van der Waals surface area contributed by atoms with Gasteiger partial charge in [0.1, 0.15) is 5.75 Å². The van der Waals surface area contributed by atoms with Gasteiger partial charge in [0.25, 0.3) is 5.69 Å². The Kier molecular flexibility index (Phi) is 6.04. The third-order valence-corrected chi connectivity index (χ3v) is 3.91. The van der Waals surface area contributed by atoms with Gasteiger partial charge in [-0.3, -0.25) is 14.9 Å². The van der Waals surface area contributed by atoms with Crippen LogP contribution in [0.2, 0.25) is 5.02 Å². The van der Waals surface area contributed by atoms with E-state index in [1.807, 2.05) is 18.2 Å². The van der Waals surface area contributed by atoms with Crippen molar-refractivity contribution in [2.75, 3.05) is 5.32 Å². The van der Waals surface area contributed by atoms with Gasteiger partial charge < -0.3 is 10.1 Å². The summed E-state index contributed by atoms with van der Waals surface area (Å²) >= 11 is 6.03. The van der Waals surface area contributed by atoms with Gasteiger partial charge in [-0.2, -0.15) is 0 Å². The third kappa shape index (κ3) is 5.18. The van der Waals surface area contributed by atoms with Gasteiger partial charge in [-0.15, -0.1) is 0 Å². The van der Waals surface area contributed by atoms with Crippen LogP contribution in [0.3, 0.4) is 0 Å². The number of para-hydroxylation sites is 1. The van der Waals surface area contributed by atoms with E-state index in [0.29, 0.717) is 27.8 Å². The van der Waals surface area contributed by atoms with Crippen molar-refractivity contribution in [3.8, 4) is 11.5 Å². The van der Waals surface area contributed by atoms with E-state index >= 15 is 0 Å². The highest BCUT2D eigenvalue weighted by Crippen LogP contribution is 2.32. The quantitative estimate of drug-likeness (QED) is 0.330. The molecule has 0 bridgehead atoms. The zero-order valence-corrected chi connectivity index (χ0v) is 15.3. The van der Waals surface area contributed by atoms with Gasteiger partial charge >= 0.3 is 0 Å². The summed E-state index contributed by atoms with van der Waals surface area (Å²) < 4.78 is 5.80. The number of benzene rings is 3. The van der Waals surface area contributed by atoms with Crippen LogP contribution in [0, 0.1) is 10.1 Å². The molecule has 0 spiro atoms. The molecule has 3 rings (SSSR count). The molecule has 0 aliphatic carbocycles. The maximum Gasteiger partial charge on any atom is 0.270 e. The van der Waals surface area contributed by atoms with Crippen LogP contribution in [0.25, 0.3) is 6.08 Å². The topological polar surface area (TPSA) is 81.5 Å². The van der Waals surface area contributed by atoms with Crippen molar-refractivity contribution in [1.82, 2.24) is 0 Å². The first kappa shape index (κ1) is 19.1. The molecule has 7 heteroatoms. The van der Waals surface area contributed by atoms with Crippen LogP contribution in [0.4, 0.5) is 11.4 Å². The number of nitrogens with one attached hydrogen (secondary N) is 1. The standard InChI is InChI=1S/C21H15ClN2O4/c22-16-10-11-20(28-18-7-2-1-3-8-18)19(14-16)23-21(25)12-9-15-5-4-6-17(13-15)24(26)27/h1-14H,(H,23,25)/b12-9+.